The van der Waals surface area contributed by atoms with Crippen molar-refractivity contribution in [2.45, 2.75) is 6.92 Å². The Hall–Kier alpha value is -2.22. The molecule has 0 aliphatic carbocycles. The van der Waals surface area contributed by atoms with E-state index in [0.717, 1.165) is 0 Å². The maximum atomic E-state index is 10.7. The van der Waals surface area contributed by atoms with Crippen LogP contribution in [0.3, 0.4) is 0 Å². The van der Waals surface area contributed by atoms with Gasteiger partial charge in [-0.25, -0.2) is 0 Å². The number of benzene rings is 1. The van der Waals surface area contributed by atoms with E-state index in [4.69, 9.17) is 15.1 Å². The first-order valence-corrected chi connectivity index (χ1v) is 5.13. The number of ether oxygens (including phenoxy) is 1. The molecule has 1 aromatic carbocycles. The standard InChI is InChI=1S/C12H14N2O3/c1-8(12(15)16)7-14-11-5-10(17-2)4-3-9(11)6-13/h3-5,8,14H,7H2,1-2H3,(H,15,16). The second-order valence-electron chi connectivity index (χ2n) is 3.64. The average molecular weight is 234 g/mol. The summed E-state index contributed by atoms with van der Waals surface area (Å²) in [5.74, 6) is -0.777. The third kappa shape index (κ3) is 3.38. The largest absolute Gasteiger partial charge is 0.497 e. The summed E-state index contributed by atoms with van der Waals surface area (Å²) >= 11 is 0. The van der Waals surface area contributed by atoms with Crippen LogP contribution in [-0.2, 0) is 4.79 Å². The molecule has 1 atom stereocenters. The molecule has 2 N–H and O–H groups in total. The molecule has 17 heavy (non-hydrogen) atoms. The summed E-state index contributed by atoms with van der Waals surface area (Å²) in [5, 5.41) is 20.6. The molecule has 5 heteroatoms. The maximum Gasteiger partial charge on any atom is 0.308 e. The molecular formula is C12H14N2O3. The Morgan fingerprint density at radius 3 is 2.88 bits per heavy atom. The summed E-state index contributed by atoms with van der Waals surface area (Å²) < 4.78 is 5.04. The minimum Gasteiger partial charge on any atom is -0.497 e. The van der Waals surface area contributed by atoms with E-state index in [1.807, 2.05) is 6.07 Å². The van der Waals surface area contributed by atoms with Crippen molar-refractivity contribution in [1.29, 1.82) is 5.26 Å². The number of anilines is 1. The van der Waals surface area contributed by atoms with Gasteiger partial charge in [0.05, 0.1) is 24.3 Å². The zero-order chi connectivity index (χ0) is 12.8. The van der Waals surface area contributed by atoms with E-state index in [1.165, 1.54) is 7.11 Å². The zero-order valence-electron chi connectivity index (χ0n) is 9.73. The predicted molar refractivity (Wildman–Crippen MR) is 63.0 cm³/mol. The summed E-state index contributed by atoms with van der Waals surface area (Å²) in [6, 6.07) is 7.02. The smallest absolute Gasteiger partial charge is 0.308 e. The van der Waals surface area contributed by atoms with Crippen molar-refractivity contribution in [1.82, 2.24) is 0 Å². The molecule has 1 unspecified atom stereocenters. The molecule has 0 fully saturated rings. The van der Waals surface area contributed by atoms with Gasteiger partial charge >= 0.3 is 5.97 Å². The van der Waals surface area contributed by atoms with Crippen LogP contribution in [0.15, 0.2) is 18.2 Å². The van der Waals surface area contributed by atoms with Crippen LogP contribution < -0.4 is 10.1 Å². The van der Waals surface area contributed by atoms with Crippen LogP contribution in [0.25, 0.3) is 0 Å². The number of nitriles is 1. The Morgan fingerprint density at radius 2 is 2.35 bits per heavy atom. The summed E-state index contributed by atoms with van der Waals surface area (Å²) in [6.45, 7) is 1.86. The Labute approximate surface area is 99.6 Å². The quantitative estimate of drug-likeness (QED) is 0.810. The number of nitrogens with zero attached hydrogens (tertiary/aromatic N) is 1. The second kappa shape index (κ2) is 5.75. The van der Waals surface area contributed by atoms with Crippen molar-refractivity contribution in [2.24, 2.45) is 5.92 Å². The average Bonchev–Trinajstić information content (AvgIpc) is 2.35. The lowest BCUT2D eigenvalue weighted by Gasteiger charge is -2.12. The molecule has 5 nitrogen and oxygen atoms in total. The lowest BCUT2D eigenvalue weighted by Crippen LogP contribution is -2.20. The number of hydrogen-bond acceptors (Lipinski definition) is 4. The highest BCUT2D eigenvalue weighted by Gasteiger charge is 2.11. The van der Waals surface area contributed by atoms with Gasteiger partial charge in [-0.1, -0.05) is 6.92 Å². The molecular weight excluding hydrogens is 220 g/mol. The number of aliphatic carboxylic acids is 1. The van der Waals surface area contributed by atoms with Gasteiger partial charge in [0.15, 0.2) is 0 Å². The van der Waals surface area contributed by atoms with E-state index in [-0.39, 0.29) is 6.54 Å². The molecule has 0 radical (unpaired) electrons. The van der Waals surface area contributed by atoms with Crippen LogP contribution in [0, 0.1) is 17.2 Å². The van der Waals surface area contributed by atoms with Crippen molar-refractivity contribution >= 4 is 11.7 Å². The third-order valence-electron chi connectivity index (χ3n) is 2.37. The Balaban J connectivity index is 2.82. The number of rotatable bonds is 5. The first kappa shape index (κ1) is 12.8. The van der Waals surface area contributed by atoms with Crippen molar-refractivity contribution in [2.75, 3.05) is 19.0 Å². The maximum absolute atomic E-state index is 10.7. The Kier molecular flexibility index (Phi) is 4.35. The van der Waals surface area contributed by atoms with E-state index in [9.17, 15) is 4.79 Å². The number of methoxy groups -OCH3 is 1. The molecule has 0 spiro atoms. The second-order valence-corrected chi connectivity index (χ2v) is 3.64. The van der Waals surface area contributed by atoms with E-state index in [1.54, 1.807) is 25.1 Å². The van der Waals surface area contributed by atoms with Crippen molar-refractivity contribution in [3.63, 3.8) is 0 Å². The number of carboxylic acids is 1. The van der Waals surface area contributed by atoms with Crippen LogP contribution >= 0.6 is 0 Å². The molecule has 0 aromatic heterocycles. The third-order valence-corrected chi connectivity index (χ3v) is 2.37. The molecule has 0 heterocycles. The number of nitrogens with one attached hydrogen (secondary N) is 1. The van der Waals surface area contributed by atoms with E-state index in [0.29, 0.717) is 17.0 Å². The summed E-state index contributed by atoms with van der Waals surface area (Å²) in [5.41, 5.74) is 1.04. The van der Waals surface area contributed by atoms with Crippen LogP contribution in [0.4, 0.5) is 5.69 Å². The van der Waals surface area contributed by atoms with E-state index < -0.39 is 11.9 Å². The highest BCUT2D eigenvalue weighted by atomic mass is 16.5. The van der Waals surface area contributed by atoms with Gasteiger partial charge in [0.2, 0.25) is 0 Å². The molecule has 0 amide bonds. The Morgan fingerprint density at radius 1 is 1.65 bits per heavy atom. The van der Waals surface area contributed by atoms with E-state index in [2.05, 4.69) is 5.32 Å². The predicted octanol–water partition coefficient (Wildman–Crippen LogP) is 1.70. The zero-order valence-corrected chi connectivity index (χ0v) is 9.73. The highest BCUT2D eigenvalue weighted by molar-refractivity contribution is 5.70. The van der Waals surface area contributed by atoms with Gasteiger partial charge in [-0.15, -0.1) is 0 Å². The van der Waals surface area contributed by atoms with Crippen molar-refractivity contribution in [3.8, 4) is 11.8 Å². The first-order valence-electron chi connectivity index (χ1n) is 5.13. The van der Waals surface area contributed by atoms with Crippen LogP contribution in [0.1, 0.15) is 12.5 Å². The molecule has 1 rings (SSSR count). The fraction of sp³-hybridized carbons (Fsp3) is 0.333. The van der Waals surface area contributed by atoms with Gasteiger partial charge in [0.25, 0.3) is 0 Å². The van der Waals surface area contributed by atoms with Gasteiger partial charge < -0.3 is 15.2 Å². The van der Waals surface area contributed by atoms with Gasteiger partial charge in [-0.05, 0) is 12.1 Å². The molecule has 90 valence electrons. The summed E-state index contributed by atoms with van der Waals surface area (Å²) in [6.07, 6.45) is 0. The van der Waals surface area contributed by atoms with Gasteiger partial charge in [-0.2, -0.15) is 5.26 Å². The van der Waals surface area contributed by atoms with Gasteiger partial charge in [-0.3, -0.25) is 4.79 Å². The van der Waals surface area contributed by atoms with E-state index >= 15 is 0 Å². The van der Waals surface area contributed by atoms with Crippen LogP contribution in [0.2, 0.25) is 0 Å². The number of carboxylic acid groups (broad SMARTS) is 1. The number of hydrogen-bond donors (Lipinski definition) is 2. The van der Waals surface area contributed by atoms with Gasteiger partial charge in [0.1, 0.15) is 11.8 Å². The summed E-state index contributed by atoms with van der Waals surface area (Å²) in [7, 11) is 1.53. The molecule has 0 saturated carbocycles. The lowest BCUT2D eigenvalue weighted by atomic mass is 10.1. The fourth-order valence-electron chi connectivity index (χ4n) is 1.24. The molecule has 0 aliphatic rings. The minimum atomic E-state index is -0.876. The number of carbonyl (C=O) groups is 1. The van der Waals surface area contributed by atoms with Crippen LogP contribution in [-0.4, -0.2) is 24.7 Å². The SMILES string of the molecule is COc1ccc(C#N)c(NCC(C)C(=O)O)c1. The monoisotopic (exact) mass is 234 g/mol. The van der Waals surface area contributed by atoms with Crippen molar-refractivity contribution in [3.05, 3.63) is 23.8 Å². The molecule has 0 bridgehead atoms. The van der Waals surface area contributed by atoms with Crippen molar-refractivity contribution < 1.29 is 14.6 Å². The first-order chi connectivity index (χ1) is 8.08. The fourth-order valence-corrected chi connectivity index (χ4v) is 1.24. The normalized spacial score (nSPS) is 11.4. The Bertz CT molecular complexity index is 452. The molecule has 1 aromatic rings. The van der Waals surface area contributed by atoms with Crippen LogP contribution in [0.5, 0.6) is 5.75 Å². The van der Waals surface area contributed by atoms with Gasteiger partial charge in [0, 0.05) is 12.6 Å². The highest BCUT2D eigenvalue weighted by Crippen LogP contribution is 2.22. The lowest BCUT2D eigenvalue weighted by molar-refractivity contribution is -0.140. The topological polar surface area (TPSA) is 82.3 Å². The molecule has 0 saturated heterocycles. The summed E-state index contributed by atoms with van der Waals surface area (Å²) in [4.78, 5) is 10.7. The minimum absolute atomic E-state index is 0.261. The molecule has 0 aliphatic heterocycles.